The van der Waals surface area contributed by atoms with Gasteiger partial charge < -0.3 is 10.1 Å². The Hall–Kier alpha value is -1.69. The molecular formula is C14H16F2N2OS. The van der Waals surface area contributed by atoms with E-state index in [9.17, 15) is 8.78 Å². The molecule has 2 aromatic rings. The summed E-state index contributed by atoms with van der Waals surface area (Å²) in [6.45, 7) is 3.21. The number of hydrogen-bond acceptors (Lipinski definition) is 4. The highest BCUT2D eigenvalue weighted by atomic mass is 32.1. The van der Waals surface area contributed by atoms with Crippen LogP contribution in [-0.4, -0.2) is 11.6 Å². The Labute approximate surface area is 120 Å². The van der Waals surface area contributed by atoms with E-state index in [4.69, 9.17) is 0 Å². The van der Waals surface area contributed by atoms with Gasteiger partial charge in [0, 0.05) is 10.6 Å². The number of aromatic nitrogens is 1. The molecule has 3 nitrogen and oxygen atoms in total. The summed E-state index contributed by atoms with van der Waals surface area (Å²) in [6.07, 6.45) is 0. The minimum Gasteiger partial charge on any atom is -0.435 e. The van der Waals surface area contributed by atoms with E-state index < -0.39 is 6.61 Å². The van der Waals surface area contributed by atoms with E-state index in [2.05, 4.69) is 15.0 Å². The molecule has 108 valence electrons. The number of nitrogens with one attached hydrogen (secondary N) is 1. The van der Waals surface area contributed by atoms with E-state index in [-0.39, 0.29) is 11.8 Å². The second-order valence-electron chi connectivity index (χ2n) is 4.45. The average Bonchev–Trinajstić information content (AvgIpc) is 2.70. The topological polar surface area (TPSA) is 34.2 Å². The van der Waals surface area contributed by atoms with Gasteiger partial charge in [-0.25, -0.2) is 4.98 Å². The molecule has 1 aromatic heterocycles. The summed E-state index contributed by atoms with van der Waals surface area (Å²) in [4.78, 5) is 5.57. The van der Waals surface area contributed by atoms with Crippen LogP contribution in [0.3, 0.4) is 0 Å². The number of hydrogen-bond donors (Lipinski definition) is 1. The summed E-state index contributed by atoms with van der Waals surface area (Å²) in [7, 11) is 0. The molecule has 0 saturated carbocycles. The maximum atomic E-state index is 12.1. The fourth-order valence-corrected chi connectivity index (χ4v) is 2.93. The predicted octanol–water partition coefficient (Wildman–Crippen LogP) is 4.53. The molecule has 1 atom stereocenters. The highest BCUT2D eigenvalue weighted by Crippen LogP contribution is 2.28. The maximum Gasteiger partial charge on any atom is 0.387 e. The third-order valence-corrected chi connectivity index (χ3v) is 4.05. The van der Waals surface area contributed by atoms with Crippen molar-refractivity contribution < 1.29 is 13.5 Å². The Morgan fingerprint density at radius 2 is 1.85 bits per heavy atom. The molecule has 0 aliphatic carbocycles. The molecule has 0 spiro atoms. The first-order chi connectivity index (χ1) is 9.45. The molecular weight excluding hydrogens is 282 g/mol. The van der Waals surface area contributed by atoms with Gasteiger partial charge in [0.1, 0.15) is 5.75 Å². The van der Waals surface area contributed by atoms with Crippen LogP contribution < -0.4 is 10.1 Å². The van der Waals surface area contributed by atoms with E-state index in [0.717, 1.165) is 16.4 Å². The quantitative estimate of drug-likeness (QED) is 0.880. The predicted molar refractivity (Wildman–Crippen MR) is 76.7 cm³/mol. The van der Waals surface area contributed by atoms with Crippen LogP contribution in [-0.2, 0) is 0 Å². The molecule has 1 unspecified atom stereocenters. The van der Waals surface area contributed by atoms with Gasteiger partial charge in [-0.3, -0.25) is 0 Å². The number of nitrogens with zero attached hydrogens (tertiary/aromatic N) is 1. The number of halogens is 2. The van der Waals surface area contributed by atoms with Crippen LogP contribution in [0.25, 0.3) is 0 Å². The fraction of sp³-hybridized carbons (Fsp3) is 0.357. The van der Waals surface area contributed by atoms with Gasteiger partial charge in [0.2, 0.25) is 0 Å². The lowest BCUT2D eigenvalue weighted by Crippen LogP contribution is -2.06. The van der Waals surface area contributed by atoms with Gasteiger partial charge in [-0.15, -0.1) is 11.3 Å². The third kappa shape index (κ3) is 3.66. The van der Waals surface area contributed by atoms with Gasteiger partial charge in [0.15, 0.2) is 0 Å². The number of thiazole rings is 1. The van der Waals surface area contributed by atoms with Crippen LogP contribution >= 0.6 is 11.3 Å². The molecule has 0 amide bonds. The summed E-state index contributed by atoms with van der Waals surface area (Å²) in [5.41, 5.74) is 1.87. The lowest BCUT2D eigenvalue weighted by Gasteiger charge is -2.14. The van der Waals surface area contributed by atoms with Crippen molar-refractivity contribution in [3.05, 3.63) is 39.8 Å². The molecule has 6 heteroatoms. The second kappa shape index (κ2) is 6.17. The first-order valence-electron chi connectivity index (χ1n) is 6.21. The van der Waals surface area contributed by atoms with Crippen molar-refractivity contribution >= 4 is 17.0 Å². The molecule has 2 rings (SSSR count). The van der Waals surface area contributed by atoms with Crippen molar-refractivity contribution in [1.29, 1.82) is 0 Å². The molecule has 0 fully saturated rings. The van der Waals surface area contributed by atoms with Gasteiger partial charge in [0.05, 0.1) is 16.7 Å². The summed E-state index contributed by atoms with van der Waals surface area (Å²) in [6, 6.07) is 6.59. The highest BCUT2D eigenvalue weighted by Gasteiger charge is 2.13. The lowest BCUT2D eigenvalue weighted by molar-refractivity contribution is -0.0498. The SMILES string of the molecule is Cc1nc(C)c(C(C)Nc2ccc(OC(F)F)cc2)s1. The van der Waals surface area contributed by atoms with Crippen LogP contribution in [0.5, 0.6) is 5.75 Å². The van der Waals surface area contributed by atoms with Crippen LogP contribution in [0.4, 0.5) is 14.5 Å². The molecule has 1 aromatic carbocycles. The monoisotopic (exact) mass is 298 g/mol. The summed E-state index contributed by atoms with van der Waals surface area (Å²) < 4.78 is 28.4. The molecule has 1 heterocycles. The Bertz CT molecular complexity index is 569. The standard InChI is InChI=1S/C14H16F2N2OS/c1-8-13(20-10(3)17-8)9(2)18-11-4-6-12(7-5-11)19-14(15)16/h4-7,9,14,18H,1-3H3. The maximum absolute atomic E-state index is 12.1. The molecule has 1 N–H and O–H groups in total. The first-order valence-corrected chi connectivity index (χ1v) is 7.02. The summed E-state index contributed by atoms with van der Waals surface area (Å²) in [5, 5.41) is 4.35. The zero-order valence-electron chi connectivity index (χ0n) is 11.5. The van der Waals surface area contributed by atoms with E-state index in [1.165, 1.54) is 17.0 Å². The van der Waals surface area contributed by atoms with Crippen LogP contribution in [0.1, 0.15) is 28.5 Å². The van der Waals surface area contributed by atoms with Gasteiger partial charge in [-0.05, 0) is 45.0 Å². The number of rotatable bonds is 5. The summed E-state index contributed by atoms with van der Waals surface area (Å²) in [5.74, 6) is 0.156. The van der Waals surface area contributed by atoms with Crippen LogP contribution in [0.2, 0.25) is 0 Å². The Kier molecular flexibility index (Phi) is 4.54. The smallest absolute Gasteiger partial charge is 0.387 e. The lowest BCUT2D eigenvalue weighted by atomic mass is 10.2. The molecule has 0 radical (unpaired) electrons. The van der Waals surface area contributed by atoms with Crippen molar-refractivity contribution in [2.45, 2.75) is 33.4 Å². The number of benzene rings is 1. The number of aryl methyl sites for hydroxylation is 2. The first kappa shape index (κ1) is 14.7. The van der Waals surface area contributed by atoms with E-state index in [0.29, 0.717) is 0 Å². The minimum absolute atomic E-state index is 0.114. The van der Waals surface area contributed by atoms with Gasteiger partial charge >= 0.3 is 6.61 Å². The third-order valence-electron chi connectivity index (χ3n) is 2.80. The highest BCUT2D eigenvalue weighted by molar-refractivity contribution is 7.11. The molecule has 20 heavy (non-hydrogen) atoms. The average molecular weight is 298 g/mol. The van der Waals surface area contributed by atoms with E-state index in [1.807, 2.05) is 20.8 Å². The van der Waals surface area contributed by atoms with E-state index in [1.54, 1.807) is 23.5 Å². The zero-order chi connectivity index (χ0) is 14.7. The molecule has 0 bridgehead atoms. The van der Waals surface area contributed by atoms with Crippen LogP contribution in [0.15, 0.2) is 24.3 Å². The molecule has 0 aliphatic heterocycles. The van der Waals surface area contributed by atoms with Crippen LogP contribution in [0, 0.1) is 13.8 Å². The number of alkyl halides is 2. The fourth-order valence-electron chi connectivity index (χ4n) is 2.00. The van der Waals surface area contributed by atoms with Gasteiger partial charge in [0.25, 0.3) is 0 Å². The normalized spacial score (nSPS) is 12.5. The summed E-state index contributed by atoms with van der Waals surface area (Å²) >= 11 is 1.66. The minimum atomic E-state index is -2.80. The van der Waals surface area contributed by atoms with Gasteiger partial charge in [-0.1, -0.05) is 0 Å². The zero-order valence-corrected chi connectivity index (χ0v) is 12.3. The Balaban J connectivity index is 2.04. The van der Waals surface area contributed by atoms with Crippen molar-refractivity contribution in [3.63, 3.8) is 0 Å². The van der Waals surface area contributed by atoms with Gasteiger partial charge in [-0.2, -0.15) is 8.78 Å². The molecule has 0 saturated heterocycles. The van der Waals surface area contributed by atoms with Crippen molar-refractivity contribution in [2.75, 3.05) is 5.32 Å². The Morgan fingerprint density at radius 1 is 1.20 bits per heavy atom. The number of anilines is 1. The molecule has 0 aliphatic rings. The number of ether oxygens (including phenoxy) is 1. The van der Waals surface area contributed by atoms with Crippen molar-refractivity contribution in [3.8, 4) is 5.75 Å². The van der Waals surface area contributed by atoms with E-state index >= 15 is 0 Å². The largest absolute Gasteiger partial charge is 0.435 e. The van der Waals surface area contributed by atoms with Crippen molar-refractivity contribution in [2.24, 2.45) is 0 Å². The second-order valence-corrected chi connectivity index (χ2v) is 5.69. The van der Waals surface area contributed by atoms with Crippen molar-refractivity contribution in [1.82, 2.24) is 4.98 Å². The Morgan fingerprint density at radius 3 is 2.35 bits per heavy atom.